The molecule has 5 heteroatoms. The number of aryl methyl sites for hydroxylation is 1. The maximum Gasteiger partial charge on any atom is 0.111 e. The minimum atomic E-state index is -0.552. The SMILES string of the molecule is CCn1ccnc1CC(O)c1cscn1. The molecular formula is C10H13N3OS. The van der Waals surface area contributed by atoms with Crippen LogP contribution in [-0.4, -0.2) is 19.6 Å². The Balaban J connectivity index is 2.09. The molecule has 0 aliphatic carbocycles. The van der Waals surface area contributed by atoms with Gasteiger partial charge in [-0.3, -0.25) is 0 Å². The van der Waals surface area contributed by atoms with Gasteiger partial charge < -0.3 is 9.67 Å². The van der Waals surface area contributed by atoms with E-state index in [-0.39, 0.29) is 0 Å². The summed E-state index contributed by atoms with van der Waals surface area (Å²) in [7, 11) is 0. The molecule has 2 aromatic heterocycles. The van der Waals surface area contributed by atoms with E-state index in [1.165, 1.54) is 11.3 Å². The average molecular weight is 223 g/mol. The molecule has 0 aromatic carbocycles. The molecule has 0 radical (unpaired) electrons. The Morgan fingerprint density at radius 2 is 2.40 bits per heavy atom. The Morgan fingerprint density at radius 1 is 1.53 bits per heavy atom. The van der Waals surface area contributed by atoms with E-state index in [0.29, 0.717) is 6.42 Å². The van der Waals surface area contributed by atoms with Crippen LogP contribution in [0.1, 0.15) is 24.5 Å². The second-order valence-electron chi connectivity index (χ2n) is 3.26. The largest absolute Gasteiger partial charge is 0.386 e. The topological polar surface area (TPSA) is 50.9 Å². The van der Waals surface area contributed by atoms with Crippen LogP contribution in [0.3, 0.4) is 0 Å². The molecule has 0 aliphatic rings. The summed E-state index contributed by atoms with van der Waals surface area (Å²) in [6.45, 7) is 2.93. The number of imidazole rings is 1. The van der Waals surface area contributed by atoms with E-state index in [9.17, 15) is 5.11 Å². The Morgan fingerprint density at radius 3 is 3.07 bits per heavy atom. The van der Waals surface area contributed by atoms with Crippen molar-refractivity contribution in [2.75, 3.05) is 0 Å². The van der Waals surface area contributed by atoms with Crippen molar-refractivity contribution in [3.05, 3.63) is 34.8 Å². The molecule has 0 saturated carbocycles. The molecule has 80 valence electrons. The third kappa shape index (κ3) is 2.24. The van der Waals surface area contributed by atoms with Crippen molar-refractivity contribution in [2.24, 2.45) is 0 Å². The number of hydrogen-bond acceptors (Lipinski definition) is 4. The van der Waals surface area contributed by atoms with Crippen LogP contribution in [0.4, 0.5) is 0 Å². The van der Waals surface area contributed by atoms with Crippen LogP contribution in [0.2, 0.25) is 0 Å². The van der Waals surface area contributed by atoms with E-state index in [4.69, 9.17) is 0 Å². The highest BCUT2D eigenvalue weighted by Crippen LogP contribution is 2.17. The molecule has 2 rings (SSSR count). The number of aliphatic hydroxyl groups excluding tert-OH is 1. The number of hydrogen-bond donors (Lipinski definition) is 1. The molecule has 0 spiro atoms. The van der Waals surface area contributed by atoms with Crippen LogP contribution in [0.5, 0.6) is 0 Å². The van der Waals surface area contributed by atoms with E-state index in [1.54, 1.807) is 11.7 Å². The quantitative estimate of drug-likeness (QED) is 0.857. The molecule has 1 atom stereocenters. The molecule has 2 aromatic rings. The van der Waals surface area contributed by atoms with E-state index >= 15 is 0 Å². The van der Waals surface area contributed by atoms with Gasteiger partial charge in [-0.25, -0.2) is 9.97 Å². The lowest BCUT2D eigenvalue weighted by Crippen LogP contribution is -2.08. The highest BCUT2D eigenvalue weighted by atomic mass is 32.1. The maximum atomic E-state index is 9.89. The maximum absolute atomic E-state index is 9.89. The second kappa shape index (κ2) is 4.55. The van der Waals surface area contributed by atoms with Gasteiger partial charge in [-0.05, 0) is 6.92 Å². The molecule has 0 fully saturated rings. The zero-order valence-corrected chi connectivity index (χ0v) is 9.31. The number of nitrogens with zero attached hydrogens (tertiary/aromatic N) is 3. The summed E-state index contributed by atoms with van der Waals surface area (Å²) in [5.41, 5.74) is 2.45. The van der Waals surface area contributed by atoms with Gasteiger partial charge in [0.05, 0.1) is 11.2 Å². The first-order valence-electron chi connectivity index (χ1n) is 4.87. The Kier molecular flexibility index (Phi) is 3.13. The number of thiazole rings is 1. The first-order valence-corrected chi connectivity index (χ1v) is 5.81. The standard InChI is InChI=1S/C10H13N3OS/c1-2-13-4-3-11-10(13)5-9(14)8-6-15-7-12-8/h3-4,6-7,9,14H,2,5H2,1H3. The van der Waals surface area contributed by atoms with Crippen LogP contribution in [-0.2, 0) is 13.0 Å². The van der Waals surface area contributed by atoms with Crippen LogP contribution >= 0.6 is 11.3 Å². The molecule has 1 unspecified atom stereocenters. The fourth-order valence-corrected chi connectivity index (χ4v) is 2.08. The fourth-order valence-electron chi connectivity index (χ4n) is 1.48. The van der Waals surface area contributed by atoms with Crippen molar-refractivity contribution < 1.29 is 5.11 Å². The summed E-state index contributed by atoms with van der Waals surface area (Å²) in [6.07, 6.45) is 3.64. The van der Waals surface area contributed by atoms with Crippen molar-refractivity contribution in [2.45, 2.75) is 26.0 Å². The summed E-state index contributed by atoms with van der Waals surface area (Å²) in [5.74, 6) is 0.901. The van der Waals surface area contributed by atoms with Crippen LogP contribution in [0.15, 0.2) is 23.3 Å². The van der Waals surface area contributed by atoms with Gasteiger partial charge in [0.2, 0.25) is 0 Å². The van der Waals surface area contributed by atoms with Gasteiger partial charge in [-0.2, -0.15) is 0 Å². The lowest BCUT2D eigenvalue weighted by Gasteiger charge is -2.08. The first kappa shape index (κ1) is 10.3. The monoisotopic (exact) mass is 223 g/mol. The summed E-state index contributed by atoms with van der Waals surface area (Å²) >= 11 is 1.49. The molecule has 15 heavy (non-hydrogen) atoms. The number of aromatic nitrogens is 3. The minimum absolute atomic E-state index is 0.518. The molecule has 4 nitrogen and oxygen atoms in total. The van der Waals surface area contributed by atoms with Gasteiger partial charge in [0, 0.05) is 30.7 Å². The van der Waals surface area contributed by atoms with Gasteiger partial charge in [0.1, 0.15) is 11.9 Å². The van der Waals surface area contributed by atoms with Gasteiger partial charge in [0.15, 0.2) is 0 Å². The van der Waals surface area contributed by atoms with E-state index < -0.39 is 6.10 Å². The second-order valence-corrected chi connectivity index (χ2v) is 3.98. The number of rotatable bonds is 4. The van der Waals surface area contributed by atoms with Crippen molar-refractivity contribution in [3.8, 4) is 0 Å². The zero-order valence-electron chi connectivity index (χ0n) is 8.50. The summed E-state index contributed by atoms with van der Waals surface area (Å²) in [6, 6.07) is 0. The minimum Gasteiger partial charge on any atom is -0.386 e. The van der Waals surface area contributed by atoms with E-state index in [2.05, 4.69) is 16.9 Å². The van der Waals surface area contributed by atoms with Gasteiger partial charge >= 0.3 is 0 Å². The molecule has 0 aliphatic heterocycles. The predicted molar refractivity (Wildman–Crippen MR) is 58.7 cm³/mol. The normalized spacial score (nSPS) is 12.9. The zero-order chi connectivity index (χ0) is 10.7. The van der Waals surface area contributed by atoms with Crippen LogP contribution in [0.25, 0.3) is 0 Å². The molecule has 1 N–H and O–H groups in total. The smallest absolute Gasteiger partial charge is 0.111 e. The summed E-state index contributed by atoms with van der Waals surface area (Å²) < 4.78 is 2.02. The van der Waals surface area contributed by atoms with Crippen LogP contribution in [0, 0.1) is 0 Å². The van der Waals surface area contributed by atoms with Crippen LogP contribution < -0.4 is 0 Å². The highest BCUT2D eigenvalue weighted by molar-refractivity contribution is 7.07. The third-order valence-corrected chi connectivity index (χ3v) is 2.92. The van der Waals surface area contributed by atoms with Crippen molar-refractivity contribution in [1.29, 1.82) is 0 Å². The van der Waals surface area contributed by atoms with Gasteiger partial charge in [-0.15, -0.1) is 11.3 Å². The molecule has 0 bridgehead atoms. The Labute approximate surface area is 92.2 Å². The van der Waals surface area contributed by atoms with Crippen molar-refractivity contribution in [1.82, 2.24) is 14.5 Å². The summed E-state index contributed by atoms with van der Waals surface area (Å²) in [4.78, 5) is 8.30. The predicted octanol–water partition coefficient (Wildman–Crippen LogP) is 1.64. The number of aliphatic hydroxyl groups is 1. The van der Waals surface area contributed by atoms with Crippen molar-refractivity contribution >= 4 is 11.3 Å². The highest BCUT2D eigenvalue weighted by Gasteiger charge is 2.13. The first-order chi connectivity index (χ1) is 7.31. The summed E-state index contributed by atoms with van der Waals surface area (Å²) in [5, 5.41) is 11.8. The van der Waals surface area contributed by atoms with Crippen molar-refractivity contribution in [3.63, 3.8) is 0 Å². The Bertz CT molecular complexity index is 410. The van der Waals surface area contributed by atoms with Gasteiger partial charge in [0.25, 0.3) is 0 Å². The lowest BCUT2D eigenvalue weighted by molar-refractivity contribution is 0.170. The molecule has 0 saturated heterocycles. The van der Waals surface area contributed by atoms with E-state index in [1.807, 2.05) is 16.1 Å². The average Bonchev–Trinajstić information content (AvgIpc) is 2.87. The molecule has 0 amide bonds. The molecule has 2 heterocycles. The fraction of sp³-hybridized carbons (Fsp3) is 0.400. The Hall–Kier alpha value is -1.20. The molecular weight excluding hydrogens is 210 g/mol. The third-order valence-electron chi connectivity index (χ3n) is 2.31. The lowest BCUT2D eigenvalue weighted by atomic mass is 10.2. The van der Waals surface area contributed by atoms with E-state index in [0.717, 1.165) is 18.1 Å². The van der Waals surface area contributed by atoms with Gasteiger partial charge in [-0.1, -0.05) is 0 Å².